The van der Waals surface area contributed by atoms with Crippen LogP contribution < -0.4 is 10.6 Å². The van der Waals surface area contributed by atoms with Gasteiger partial charge in [0, 0.05) is 39.8 Å². The van der Waals surface area contributed by atoms with Crippen LogP contribution in [0.5, 0.6) is 0 Å². The highest BCUT2D eigenvalue weighted by Gasteiger charge is 2.23. The maximum absolute atomic E-state index is 5.46. The van der Waals surface area contributed by atoms with Gasteiger partial charge in [0.05, 0.1) is 19.3 Å². The molecule has 2 heterocycles. The lowest BCUT2D eigenvalue weighted by Gasteiger charge is -2.29. The number of guanidine groups is 1. The zero-order valence-corrected chi connectivity index (χ0v) is 19.3. The van der Waals surface area contributed by atoms with Crippen molar-refractivity contribution in [3.63, 3.8) is 0 Å². The molecule has 0 aromatic heterocycles. The first-order valence-corrected chi connectivity index (χ1v) is 11.9. The Morgan fingerprint density at radius 2 is 1.69 bits per heavy atom. The number of rotatable bonds is 8. The Kier molecular flexibility index (Phi) is 8.54. The van der Waals surface area contributed by atoms with Gasteiger partial charge in [0.25, 0.3) is 0 Å². The lowest BCUT2D eigenvalue weighted by molar-refractivity contribution is 0.0342. The summed E-state index contributed by atoms with van der Waals surface area (Å²) in [7, 11) is 1.84. The lowest BCUT2D eigenvalue weighted by atomic mass is 10.1. The molecule has 2 saturated heterocycles. The molecule has 6 heteroatoms. The molecular weight excluding hydrogens is 398 g/mol. The Balaban J connectivity index is 1.31. The van der Waals surface area contributed by atoms with Crippen LogP contribution in [0, 0.1) is 0 Å². The molecule has 0 spiro atoms. The van der Waals surface area contributed by atoms with Crippen LogP contribution >= 0.6 is 0 Å². The van der Waals surface area contributed by atoms with Gasteiger partial charge in [-0.2, -0.15) is 0 Å². The van der Waals surface area contributed by atoms with Crippen LogP contribution in [0.25, 0.3) is 0 Å². The standard InChI is InChI=1S/C26H37N5O/c1-27-26(29-20-25(31-12-5-6-13-31)24-10-3-2-4-11-24)28-19-22-8-7-9-23(18-22)21-30-14-16-32-17-15-30/h2-4,7-11,18,25H,5-6,12-17,19-21H2,1H3,(H2,27,28,29). The number of hydrogen-bond acceptors (Lipinski definition) is 4. The quantitative estimate of drug-likeness (QED) is 0.493. The third-order valence-electron chi connectivity index (χ3n) is 6.41. The van der Waals surface area contributed by atoms with Gasteiger partial charge in [0.1, 0.15) is 0 Å². The highest BCUT2D eigenvalue weighted by atomic mass is 16.5. The molecule has 0 bridgehead atoms. The number of benzene rings is 2. The summed E-state index contributed by atoms with van der Waals surface area (Å²) in [5.41, 5.74) is 4.00. The van der Waals surface area contributed by atoms with Crippen LogP contribution in [0.15, 0.2) is 59.6 Å². The van der Waals surface area contributed by atoms with Crippen molar-refractivity contribution in [1.29, 1.82) is 0 Å². The number of nitrogens with zero attached hydrogens (tertiary/aromatic N) is 3. The third-order valence-corrected chi connectivity index (χ3v) is 6.41. The summed E-state index contributed by atoms with van der Waals surface area (Å²) in [6.45, 7) is 8.63. The Morgan fingerprint density at radius 3 is 2.44 bits per heavy atom. The zero-order valence-electron chi connectivity index (χ0n) is 19.3. The Bertz CT molecular complexity index is 844. The van der Waals surface area contributed by atoms with E-state index < -0.39 is 0 Å². The molecule has 0 aliphatic carbocycles. The minimum atomic E-state index is 0.370. The molecule has 2 aromatic rings. The maximum atomic E-state index is 5.46. The zero-order chi connectivity index (χ0) is 22.0. The molecular formula is C26H37N5O. The topological polar surface area (TPSA) is 52.1 Å². The summed E-state index contributed by atoms with van der Waals surface area (Å²) in [4.78, 5) is 9.51. The van der Waals surface area contributed by atoms with Gasteiger partial charge >= 0.3 is 0 Å². The number of hydrogen-bond donors (Lipinski definition) is 2. The van der Waals surface area contributed by atoms with Crippen LogP contribution in [-0.2, 0) is 17.8 Å². The second-order valence-electron chi connectivity index (χ2n) is 8.68. The molecule has 2 fully saturated rings. The molecule has 0 amide bonds. The van der Waals surface area contributed by atoms with Crippen molar-refractivity contribution in [3.05, 3.63) is 71.3 Å². The molecule has 4 rings (SSSR count). The van der Waals surface area contributed by atoms with Crippen LogP contribution in [0.2, 0.25) is 0 Å². The van der Waals surface area contributed by atoms with Crippen molar-refractivity contribution in [2.45, 2.75) is 32.0 Å². The van der Waals surface area contributed by atoms with Gasteiger partial charge in [-0.05, 0) is 42.6 Å². The Hall–Kier alpha value is -2.41. The summed E-state index contributed by atoms with van der Waals surface area (Å²) < 4.78 is 5.46. The van der Waals surface area contributed by atoms with Crippen molar-refractivity contribution in [2.24, 2.45) is 4.99 Å². The van der Waals surface area contributed by atoms with Crippen LogP contribution in [-0.4, -0.2) is 68.7 Å². The van der Waals surface area contributed by atoms with E-state index >= 15 is 0 Å². The summed E-state index contributed by atoms with van der Waals surface area (Å²) in [5, 5.41) is 7.07. The summed E-state index contributed by atoms with van der Waals surface area (Å²) in [5.74, 6) is 0.851. The number of aliphatic imine (C=N–C) groups is 1. The Labute approximate surface area is 192 Å². The van der Waals surface area contributed by atoms with E-state index in [0.717, 1.165) is 51.9 Å². The van der Waals surface area contributed by atoms with E-state index in [1.54, 1.807) is 0 Å². The number of nitrogens with one attached hydrogen (secondary N) is 2. The SMILES string of the molecule is CN=C(NCc1cccc(CN2CCOCC2)c1)NCC(c1ccccc1)N1CCCC1. The van der Waals surface area contributed by atoms with Crippen LogP contribution in [0.3, 0.4) is 0 Å². The van der Waals surface area contributed by atoms with Gasteiger partial charge in [-0.25, -0.2) is 0 Å². The second-order valence-corrected chi connectivity index (χ2v) is 8.68. The molecule has 2 aliphatic rings. The minimum Gasteiger partial charge on any atom is -0.379 e. The largest absolute Gasteiger partial charge is 0.379 e. The molecule has 2 aliphatic heterocycles. The highest BCUT2D eigenvalue weighted by molar-refractivity contribution is 5.79. The molecule has 2 aromatic carbocycles. The molecule has 6 nitrogen and oxygen atoms in total. The van der Waals surface area contributed by atoms with E-state index in [1.807, 2.05) is 7.05 Å². The predicted molar refractivity (Wildman–Crippen MR) is 131 cm³/mol. The molecule has 0 saturated carbocycles. The Morgan fingerprint density at radius 1 is 0.938 bits per heavy atom. The first kappa shape index (κ1) is 22.8. The number of ether oxygens (including phenoxy) is 1. The summed E-state index contributed by atoms with van der Waals surface area (Å²) in [6, 6.07) is 20.0. The van der Waals surface area contributed by atoms with E-state index in [4.69, 9.17) is 4.74 Å². The fourth-order valence-electron chi connectivity index (χ4n) is 4.64. The predicted octanol–water partition coefficient (Wildman–Crippen LogP) is 3.02. The van der Waals surface area contributed by atoms with E-state index in [9.17, 15) is 0 Å². The van der Waals surface area contributed by atoms with Gasteiger partial charge in [-0.15, -0.1) is 0 Å². The van der Waals surface area contributed by atoms with Crippen LogP contribution in [0.1, 0.15) is 35.6 Å². The van der Waals surface area contributed by atoms with E-state index in [2.05, 4.69) is 80.0 Å². The van der Waals surface area contributed by atoms with Gasteiger partial charge in [0.15, 0.2) is 5.96 Å². The van der Waals surface area contributed by atoms with Crippen molar-refractivity contribution in [3.8, 4) is 0 Å². The fourth-order valence-corrected chi connectivity index (χ4v) is 4.64. The van der Waals surface area contributed by atoms with Crippen molar-refractivity contribution in [1.82, 2.24) is 20.4 Å². The third kappa shape index (κ3) is 6.55. The molecule has 172 valence electrons. The summed E-state index contributed by atoms with van der Waals surface area (Å²) >= 11 is 0. The molecule has 1 atom stereocenters. The smallest absolute Gasteiger partial charge is 0.191 e. The van der Waals surface area contributed by atoms with E-state index in [0.29, 0.717) is 6.04 Å². The van der Waals surface area contributed by atoms with Crippen molar-refractivity contribution < 1.29 is 4.74 Å². The van der Waals surface area contributed by atoms with Gasteiger partial charge in [-0.1, -0.05) is 54.6 Å². The summed E-state index contributed by atoms with van der Waals surface area (Å²) in [6.07, 6.45) is 2.58. The van der Waals surface area contributed by atoms with Gasteiger partial charge < -0.3 is 15.4 Å². The van der Waals surface area contributed by atoms with E-state index in [-0.39, 0.29) is 0 Å². The van der Waals surface area contributed by atoms with Gasteiger partial charge in [0.2, 0.25) is 0 Å². The molecule has 32 heavy (non-hydrogen) atoms. The van der Waals surface area contributed by atoms with Gasteiger partial charge in [-0.3, -0.25) is 14.8 Å². The van der Waals surface area contributed by atoms with Crippen molar-refractivity contribution in [2.75, 3.05) is 53.0 Å². The maximum Gasteiger partial charge on any atom is 0.191 e. The fraction of sp³-hybridized carbons (Fsp3) is 0.500. The first-order chi connectivity index (χ1) is 15.8. The number of likely N-dealkylation sites (tertiary alicyclic amines) is 1. The average molecular weight is 436 g/mol. The lowest BCUT2D eigenvalue weighted by Crippen LogP contribution is -2.42. The monoisotopic (exact) mass is 435 g/mol. The minimum absolute atomic E-state index is 0.370. The average Bonchev–Trinajstić information content (AvgIpc) is 3.37. The first-order valence-electron chi connectivity index (χ1n) is 11.9. The number of morpholine rings is 1. The second kappa shape index (κ2) is 12.0. The van der Waals surface area contributed by atoms with E-state index in [1.165, 1.54) is 42.6 Å². The normalized spacial score (nSPS) is 19.1. The van der Waals surface area contributed by atoms with Crippen molar-refractivity contribution >= 4 is 5.96 Å². The highest BCUT2D eigenvalue weighted by Crippen LogP contribution is 2.24. The molecule has 1 unspecified atom stereocenters. The van der Waals surface area contributed by atoms with Crippen LogP contribution in [0.4, 0.5) is 0 Å². The molecule has 2 N–H and O–H groups in total. The molecule has 0 radical (unpaired) electrons.